The number of nitrogens with two attached hydrogens (primary N) is 1. The number of hydrogen-bond donors (Lipinski definition) is 1. The van der Waals surface area contributed by atoms with Gasteiger partial charge in [0.15, 0.2) is 0 Å². The zero-order valence-electron chi connectivity index (χ0n) is 12.8. The van der Waals surface area contributed by atoms with Crippen LogP contribution in [0.5, 0.6) is 0 Å². The van der Waals surface area contributed by atoms with Crippen LogP contribution in [0.25, 0.3) is 0 Å². The highest BCUT2D eigenvalue weighted by Gasteiger charge is 2.25. The molecule has 120 valence electrons. The maximum Gasteiger partial charge on any atom is 0.264 e. The van der Waals surface area contributed by atoms with Gasteiger partial charge in [0.25, 0.3) is 11.8 Å². The Bertz CT molecular complexity index is 674. The molecule has 0 unspecified atom stereocenters. The van der Waals surface area contributed by atoms with Crippen molar-refractivity contribution in [1.29, 1.82) is 0 Å². The molecule has 2 heterocycles. The van der Waals surface area contributed by atoms with Gasteiger partial charge in [0.05, 0.1) is 4.88 Å². The van der Waals surface area contributed by atoms with Gasteiger partial charge in [-0.05, 0) is 29.1 Å². The van der Waals surface area contributed by atoms with Crippen LogP contribution in [0.2, 0.25) is 0 Å². The smallest absolute Gasteiger partial charge is 0.264 e. The molecule has 1 saturated heterocycles. The van der Waals surface area contributed by atoms with Crippen LogP contribution in [-0.4, -0.2) is 47.8 Å². The Kier molecular flexibility index (Phi) is 4.73. The highest BCUT2D eigenvalue weighted by molar-refractivity contribution is 7.12. The van der Waals surface area contributed by atoms with E-state index >= 15 is 0 Å². The maximum atomic E-state index is 12.5. The number of carbonyl (C=O) groups excluding carboxylic acids is 2. The molecule has 0 bridgehead atoms. The van der Waals surface area contributed by atoms with Crippen molar-refractivity contribution < 1.29 is 9.59 Å². The molecule has 1 aromatic carbocycles. The van der Waals surface area contributed by atoms with Crippen LogP contribution >= 0.6 is 11.3 Å². The summed E-state index contributed by atoms with van der Waals surface area (Å²) in [7, 11) is 0. The van der Waals surface area contributed by atoms with E-state index in [9.17, 15) is 9.59 Å². The Labute approximate surface area is 139 Å². The summed E-state index contributed by atoms with van der Waals surface area (Å²) >= 11 is 1.45. The van der Waals surface area contributed by atoms with Crippen molar-refractivity contribution in [2.45, 2.75) is 6.54 Å². The van der Waals surface area contributed by atoms with E-state index in [1.807, 2.05) is 46.7 Å². The summed E-state index contributed by atoms with van der Waals surface area (Å²) in [6.45, 7) is 2.74. The molecule has 1 fully saturated rings. The Morgan fingerprint density at radius 1 is 0.957 bits per heavy atom. The number of piperazine rings is 1. The molecular weight excluding hydrogens is 310 g/mol. The van der Waals surface area contributed by atoms with Gasteiger partial charge < -0.3 is 15.5 Å². The molecule has 0 atom stereocenters. The predicted octanol–water partition coefficient (Wildman–Crippen LogP) is 1.80. The van der Waals surface area contributed by atoms with Gasteiger partial charge in [-0.2, -0.15) is 0 Å². The minimum Gasteiger partial charge on any atom is -0.335 e. The van der Waals surface area contributed by atoms with E-state index in [1.165, 1.54) is 11.3 Å². The third-order valence-corrected chi connectivity index (χ3v) is 4.88. The summed E-state index contributed by atoms with van der Waals surface area (Å²) < 4.78 is 0. The van der Waals surface area contributed by atoms with Crippen molar-refractivity contribution in [3.63, 3.8) is 0 Å². The molecule has 0 saturated carbocycles. The number of nitrogens with zero attached hydrogens (tertiary/aromatic N) is 2. The maximum absolute atomic E-state index is 12.5. The van der Waals surface area contributed by atoms with E-state index in [-0.39, 0.29) is 11.8 Å². The summed E-state index contributed by atoms with van der Waals surface area (Å²) in [5, 5.41) is 1.90. The van der Waals surface area contributed by atoms with Gasteiger partial charge >= 0.3 is 0 Å². The summed E-state index contributed by atoms with van der Waals surface area (Å²) in [5.41, 5.74) is 7.24. The number of carbonyl (C=O) groups is 2. The molecule has 23 heavy (non-hydrogen) atoms. The second kappa shape index (κ2) is 6.93. The molecule has 2 N–H and O–H groups in total. The highest BCUT2D eigenvalue weighted by Crippen LogP contribution is 2.15. The Balaban J connectivity index is 1.59. The van der Waals surface area contributed by atoms with E-state index in [0.29, 0.717) is 38.3 Å². The van der Waals surface area contributed by atoms with E-state index in [2.05, 4.69) is 0 Å². The molecule has 1 aliphatic heterocycles. The quantitative estimate of drug-likeness (QED) is 0.934. The summed E-state index contributed by atoms with van der Waals surface area (Å²) in [6.07, 6.45) is 0. The average molecular weight is 329 g/mol. The predicted molar refractivity (Wildman–Crippen MR) is 90.5 cm³/mol. The van der Waals surface area contributed by atoms with Gasteiger partial charge in [0.2, 0.25) is 0 Å². The monoisotopic (exact) mass is 329 g/mol. The molecule has 2 aromatic rings. The molecule has 1 aromatic heterocycles. The van der Waals surface area contributed by atoms with Crippen LogP contribution in [0.1, 0.15) is 25.6 Å². The summed E-state index contributed by atoms with van der Waals surface area (Å²) in [6, 6.07) is 11.1. The molecule has 1 aliphatic rings. The fourth-order valence-electron chi connectivity index (χ4n) is 2.63. The van der Waals surface area contributed by atoms with Crippen LogP contribution in [0.4, 0.5) is 0 Å². The lowest BCUT2D eigenvalue weighted by molar-refractivity contribution is 0.0538. The minimum absolute atomic E-state index is 0.0109. The van der Waals surface area contributed by atoms with Crippen molar-refractivity contribution in [3.8, 4) is 0 Å². The first-order valence-electron chi connectivity index (χ1n) is 7.60. The molecule has 6 heteroatoms. The molecule has 5 nitrogen and oxygen atoms in total. The third kappa shape index (κ3) is 3.43. The van der Waals surface area contributed by atoms with Crippen molar-refractivity contribution in [2.24, 2.45) is 5.73 Å². The second-order valence-electron chi connectivity index (χ2n) is 5.46. The molecule has 0 aliphatic carbocycles. The molecule has 0 radical (unpaired) electrons. The second-order valence-corrected chi connectivity index (χ2v) is 6.41. The van der Waals surface area contributed by atoms with Gasteiger partial charge in [-0.1, -0.05) is 18.2 Å². The van der Waals surface area contributed by atoms with Crippen molar-refractivity contribution in [1.82, 2.24) is 9.80 Å². The van der Waals surface area contributed by atoms with E-state index < -0.39 is 0 Å². The lowest BCUT2D eigenvalue weighted by Crippen LogP contribution is -2.50. The van der Waals surface area contributed by atoms with Crippen LogP contribution in [-0.2, 0) is 6.54 Å². The lowest BCUT2D eigenvalue weighted by Gasteiger charge is -2.34. The molecule has 2 amide bonds. The minimum atomic E-state index is 0.0109. The largest absolute Gasteiger partial charge is 0.335 e. The Morgan fingerprint density at radius 2 is 1.57 bits per heavy atom. The topological polar surface area (TPSA) is 66.6 Å². The first kappa shape index (κ1) is 15.7. The lowest BCUT2D eigenvalue weighted by atomic mass is 10.1. The van der Waals surface area contributed by atoms with Crippen LogP contribution in [0, 0.1) is 0 Å². The Morgan fingerprint density at radius 3 is 2.09 bits per heavy atom. The standard InChI is InChI=1S/C17H19N3O2S/c18-12-13-3-5-14(6-4-13)16(21)19-7-9-20(10-8-19)17(22)15-2-1-11-23-15/h1-6,11H,7-10,12,18H2. The number of rotatable bonds is 3. The van der Waals surface area contributed by atoms with Crippen molar-refractivity contribution in [3.05, 3.63) is 57.8 Å². The molecule has 3 rings (SSSR count). The van der Waals surface area contributed by atoms with Crippen molar-refractivity contribution in [2.75, 3.05) is 26.2 Å². The van der Waals surface area contributed by atoms with E-state index in [0.717, 1.165) is 10.4 Å². The molecule has 0 spiro atoms. The first-order valence-corrected chi connectivity index (χ1v) is 8.48. The molecular formula is C17H19N3O2S. The summed E-state index contributed by atoms with van der Waals surface area (Å²) in [5.74, 6) is 0.0659. The van der Waals surface area contributed by atoms with Crippen molar-refractivity contribution >= 4 is 23.2 Å². The van der Waals surface area contributed by atoms with Gasteiger partial charge in [-0.25, -0.2) is 0 Å². The fraction of sp³-hybridized carbons (Fsp3) is 0.294. The highest BCUT2D eigenvalue weighted by atomic mass is 32.1. The van der Waals surface area contributed by atoms with Crippen LogP contribution in [0.15, 0.2) is 41.8 Å². The van der Waals surface area contributed by atoms with E-state index in [4.69, 9.17) is 5.73 Å². The first-order chi connectivity index (χ1) is 11.2. The Hall–Kier alpha value is -2.18. The number of benzene rings is 1. The van der Waals surface area contributed by atoms with E-state index in [1.54, 1.807) is 4.90 Å². The van der Waals surface area contributed by atoms with Gasteiger partial charge in [-0.15, -0.1) is 11.3 Å². The summed E-state index contributed by atoms with van der Waals surface area (Å²) in [4.78, 5) is 29.2. The normalized spacial score (nSPS) is 14.8. The van der Waals surface area contributed by atoms with Crippen LogP contribution in [0.3, 0.4) is 0 Å². The fourth-order valence-corrected chi connectivity index (χ4v) is 3.33. The SMILES string of the molecule is NCc1ccc(C(=O)N2CCN(C(=O)c3cccs3)CC2)cc1. The van der Waals surface area contributed by atoms with Gasteiger partial charge in [-0.3, -0.25) is 9.59 Å². The zero-order chi connectivity index (χ0) is 16.2. The van der Waals surface area contributed by atoms with Crippen LogP contribution < -0.4 is 5.73 Å². The zero-order valence-corrected chi connectivity index (χ0v) is 13.6. The average Bonchev–Trinajstić information content (AvgIpc) is 3.15. The number of hydrogen-bond acceptors (Lipinski definition) is 4. The van der Waals surface area contributed by atoms with Gasteiger partial charge in [0.1, 0.15) is 0 Å². The number of amides is 2. The van der Waals surface area contributed by atoms with Gasteiger partial charge in [0, 0.05) is 38.3 Å². The third-order valence-electron chi connectivity index (χ3n) is 4.02. The number of thiophene rings is 1.